The van der Waals surface area contributed by atoms with Crippen molar-refractivity contribution in [2.24, 2.45) is 0 Å². The van der Waals surface area contributed by atoms with Crippen molar-refractivity contribution in [2.45, 2.75) is 58.7 Å². The molecule has 1 N–H and O–H groups in total. The zero-order chi connectivity index (χ0) is 13.7. The average Bonchev–Trinajstić information content (AvgIpc) is 2.38. The Morgan fingerprint density at radius 1 is 1.37 bits per heavy atom. The summed E-state index contributed by atoms with van der Waals surface area (Å²) in [5.41, 5.74) is 1.14. The van der Waals surface area contributed by atoms with Gasteiger partial charge in [0, 0.05) is 37.9 Å². The summed E-state index contributed by atoms with van der Waals surface area (Å²) in [5.74, 6) is 0.867. The minimum atomic E-state index is 0.611. The van der Waals surface area contributed by atoms with Crippen LogP contribution in [-0.4, -0.2) is 40.0 Å². The molecule has 0 saturated carbocycles. The van der Waals surface area contributed by atoms with Crippen molar-refractivity contribution in [3.63, 3.8) is 0 Å². The molecular weight excluding hydrogens is 236 g/mol. The lowest BCUT2D eigenvalue weighted by molar-refractivity contribution is 0.204. The van der Waals surface area contributed by atoms with E-state index in [0.717, 1.165) is 31.2 Å². The second-order valence-electron chi connectivity index (χ2n) is 5.62. The normalized spacial score (nSPS) is 25.8. The summed E-state index contributed by atoms with van der Waals surface area (Å²) in [6.07, 6.45) is 5.51. The van der Waals surface area contributed by atoms with E-state index in [1.54, 1.807) is 0 Å². The summed E-state index contributed by atoms with van der Waals surface area (Å²) in [7, 11) is 0. The van der Waals surface area contributed by atoms with E-state index in [1.807, 2.05) is 19.2 Å². The highest BCUT2D eigenvalue weighted by Gasteiger charge is 2.17. The monoisotopic (exact) mass is 262 g/mol. The highest BCUT2D eigenvalue weighted by atomic mass is 15.1. The average molecular weight is 262 g/mol. The van der Waals surface area contributed by atoms with Gasteiger partial charge in [-0.05, 0) is 39.2 Å². The van der Waals surface area contributed by atoms with Crippen molar-refractivity contribution < 1.29 is 0 Å². The van der Waals surface area contributed by atoms with Gasteiger partial charge in [0.05, 0.1) is 5.69 Å². The first-order valence-corrected chi connectivity index (χ1v) is 7.44. The summed E-state index contributed by atoms with van der Waals surface area (Å²) in [6.45, 7) is 9.77. The molecule has 0 radical (unpaired) electrons. The smallest absolute Gasteiger partial charge is 0.125 e. The molecule has 1 aliphatic heterocycles. The molecule has 2 atom stereocenters. The third-order valence-corrected chi connectivity index (χ3v) is 3.90. The SMILES string of the molecule is CCC1CCN(Cc2ccnc(C)n2)CCC(C)N1. The van der Waals surface area contributed by atoms with Crippen LogP contribution in [0.5, 0.6) is 0 Å². The molecule has 2 rings (SSSR count). The lowest BCUT2D eigenvalue weighted by Crippen LogP contribution is -2.43. The molecule has 19 heavy (non-hydrogen) atoms. The first-order valence-electron chi connectivity index (χ1n) is 7.44. The summed E-state index contributed by atoms with van der Waals surface area (Å²) in [6, 6.07) is 3.30. The molecule has 0 aliphatic carbocycles. The maximum atomic E-state index is 4.51. The first-order chi connectivity index (χ1) is 9.17. The Morgan fingerprint density at radius 2 is 2.16 bits per heavy atom. The fourth-order valence-corrected chi connectivity index (χ4v) is 2.70. The summed E-state index contributed by atoms with van der Waals surface area (Å²) >= 11 is 0. The zero-order valence-electron chi connectivity index (χ0n) is 12.4. The van der Waals surface area contributed by atoms with E-state index in [-0.39, 0.29) is 0 Å². The number of nitrogens with zero attached hydrogens (tertiary/aromatic N) is 3. The summed E-state index contributed by atoms with van der Waals surface area (Å²) in [4.78, 5) is 11.2. The Balaban J connectivity index is 1.95. The molecule has 0 aromatic carbocycles. The fourth-order valence-electron chi connectivity index (χ4n) is 2.70. The van der Waals surface area contributed by atoms with Crippen LogP contribution in [0.15, 0.2) is 12.3 Å². The van der Waals surface area contributed by atoms with Gasteiger partial charge in [0.1, 0.15) is 5.82 Å². The lowest BCUT2D eigenvalue weighted by atomic mass is 10.1. The number of hydrogen-bond donors (Lipinski definition) is 1. The van der Waals surface area contributed by atoms with Crippen molar-refractivity contribution in [3.8, 4) is 0 Å². The molecule has 2 heterocycles. The van der Waals surface area contributed by atoms with Gasteiger partial charge >= 0.3 is 0 Å². The zero-order valence-corrected chi connectivity index (χ0v) is 12.4. The predicted molar refractivity (Wildman–Crippen MR) is 78.0 cm³/mol. The predicted octanol–water partition coefficient (Wildman–Crippen LogP) is 2.14. The number of aryl methyl sites for hydroxylation is 1. The highest BCUT2D eigenvalue weighted by Crippen LogP contribution is 2.11. The van der Waals surface area contributed by atoms with Crippen LogP contribution in [0.4, 0.5) is 0 Å². The quantitative estimate of drug-likeness (QED) is 0.906. The molecule has 1 saturated heterocycles. The molecule has 106 valence electrons. The van der Waals surface area contributed by atoms with Gasteiger partial charge < -0.3 is 5.32 Å². The van der Waals surface area contributed by atoms with Crippen LogP contribution >= 0.6 is 0 Å². The van der Waals surface area contributed by atoms with Crippen LogP contribution in [0.25, 0.3) is 0 Å². The summed E-state index contributed by atoms with van der Waals surface area (Å²) in [5, 5.41) is 3.71. The van der Waals surface area contributed by atoms with Gasteiger partial charge in [-0.25, -0.2) is 9.97 Å². The fraction of sp³-hybridized carbons (Fsp3) is 0.733. The first kappa shape index (κ1) is 14.4. The highest BCUT2D eigenvalue weighted by molar-refractivity contribution is 5.01. The molecule has 1 aliphatic rings. The molecule has 1 fully saturated rings. The van der Waals surface area contributed by atoms with Crippen LogP contribution in [0.2, 0.25) is 0 Å². The Labute approximate surface area is 116 Å². The van der Waals surface area contributed by atoms with Crippen LogP contribution in [-0.2, 0) is 6.54 Å². The Hall–Kier alpha value is -1.00. The van der Waals surface area contributed by atoms with Crippen LogP contribution in [0.1, 0.15) is 44.6 Å². The largest absolute Gasteiger partial charge is 0.311 e. The van der Waals surface area contributed by atoms with Gasteiger partial charge in [0.2, 0.25) is 0 Å². The number of nitrogens with one attached hydrogen (secondary N) is 1. The minimum Gasteiger partial charge on any atom is -0.311 e. The van der Waals surface area contributed by atoms with Crippen LogP contribution < -0.4 is 5.32 Å². The Kier molecular flexibility index (Phi) is 5.28. The van der Waals surface area contributed by atoms with Crippen molar-refractivity contribution >= 4 is 0 Å². The van der Waals surface area contributed by atoms with Gasteiger partial charge in [0.15, 0.2) is 0 Å². The van der Waals surface area contributed by atoms with Crippen molar-refractivity contribution in [2.75, 3.05) is 13.1 Å². The van der Waals surface area contributed by atoms with E-state index in [2.05, 4.69) is 34.0 Å². The number of rotatable bonds is 3. The van der Waals surface area contributed by atoms with E-state index in [9.17, 15) is 0 Å². The molecule has 0 amide bonds. The second-order valence-corrected chi connectivity index (χ2v) is 5.62. The molecular formula is C15H26N4. The minimum absolute atomic E-state index is 0.611. The Morgan fingerprint density at radius 3 is 2.89 bits per heavy atom. The van der Waals surface area contributed by atoms with E-state index in [1.165, 1.54) is 19.3 Å². The molecule has 4 heteroatoms. The van der Waals surface area contributed by atoms with Crippen molar-refractivity contribution in [1.29, 1.82) is 0 Å². The number of hydrogen-bond acceptors (Lipinski definition) is 4. The van der Waals surface area contributed by atoms with Crippen LogP contribution in [0, 0.1) is 6.92 Å². The molecule has 2 unspecified atom stereocenters. The van der Waals surface area contributed by atoms with Gasteiger partial charge in [0.25, 0.3) is 0 Å². The van der Waals surface area contributed by atoms with Crippen molar-refractivity contribution in [1.82, 2.24) is 20.2 Å². The maximum Gasteiger partial charge on any atom is 0.125 e. The van der Waals surface area contributed by atoms with Crippen molar-refractivity contribution in [3.05, 3.63) is 23.8 Å². The van der Waals surface area contributed by atoms with Crippen LogP contribution in [0.3, 0.4) is 0 Å². The molecule has 1 aromatic rings. The third-order valence-electron chi connectivity index (χ3n) is 3.90. The molecule has 4 nitrogen and oxygen atoms in total. The molecule has 0 spiro atoms. The lowest BCUT2D eigenvalue weighted by Gasteiger charge is -2.31. The topological polar surface area (TPSA) is 41.1 Å². The van der Waals surface area contributed by atoms with E-state index in [4.69, 9.17) is 0 Å². The molecule has 1 aromatic heterocycles. The van der Waals surface area contributed by atoms with E-state index in [0.29, 0.717) is 12.1 Å². The van der Waals surface area contributed by atoms with Gasteiger partial charge in [-0.2, -0.15) is 0 Å². The second kappa shape index (κ2) is 6.96. The number of aromatic nitrogens is 2. The van der Waals surface area contributed by atoms with Gasteiger partial charge in [-0.3, -0.25) is 4.90 Å². The third kappa shape index (κ3) is 4.55. The maximum absolute atomic E-state index is 4.51. The van der Waals surface area contributed by atoms with Gasteiger partial charge in [-0.1, -0.05) is 6.92 Å². The Bertz CT molecular complexity index is 393. The molecule has 0 bridgehead atoms. The standard InChI is InChI=1S/C15H26N4/c1-4-14-7-10-19(9-6-12(2)17-14)11-15-5-8-16-13(3)18-15/h5,8,12,14,17H,4,6-7,9-11H2,1-3H3. The van der Waals surface area contributed by atoms with Gasteiger partial charge in [-0.15, -0.1) is 0 Å². The van der Waals surface area contributed by atoms with E-state index < -0.39 is 0 Å². The summed E-state index contributed by atoms with van der Waals surface area (Å²) < 4.78 is 0. The van der Waals surface area contributed by atoms with E-state index >= 15 is 0 Å².